The molecule has 1 amide bonds. The molecule has 1 N–H and O–H groups in total. The molecule has 1 aromatic heterocycles. The van der Waals surface area contributed by atoms with Crippen LogP contribution in [-0.2, 0) is 11.3 Å². The summed E-state index contributed by atoms with van der Waals surface area (Å²) in [4.78, 5) is 37.1. The van der Waals surface area contributed by atoms with Gasteiger partial charge < -0.3 is 14.5 Å². The molecule has 6 nitrogen and oxygen atoms in total. The van der Waals surface area contributed by atoms with E-state index in [1.165, 1.54) is 6.07 Å². The van der Waals surface area contributed by atoms with Crippen molar-refractivity contribution in [3.8, 4) is 0 Å². The van der Waals surface area contributed by atoms with Crippen molar-refractivity contribution in [1.29, 1.82) is 0 Å². The van der Waals surface area contributed by atoms with Gasteiger partial charge in [0.2, 0.25) is 0 Å². The Balaban J connectivity index is 1.55. The van der Waals surface area contributed by atoms with Crippen LogP contribution < -0.4 is 10.9 Å². The van der Waals surface area contributed by atoms with Gasteiger partial charge in [0.05, 0.1) is 11.3 Å². The summed E-state index contributed by atoms with van der Waals surface area (Å²) >= 11 is 0. The number of para-hydroxylation sites is 1. The van der Waals surface area contributed by atoms with E-state index in [2.05, 4.69) is 5.32 Å². The van der Waals surface area contributed by atoms with Gasteiger partial charge in [-0.15, -0.1) is 0 Å². The summed E-state index contributed by atoms with van der Waals surface area (Å²) in [5.41, 5.74) is 2.46. The fourth-order valence-corrected chi connectivity index (χ4v) is 3.23. The van der Waals surface area contributed by atoms with Crippen LogP contribution in [-0.4, -0.2) is 11.9 Å². The van der Waals surface area contributed by atoms with E-state index in [0.717, 1.165) is 5.56 Å². The molecule has 0 saturated heterocycles. The lowest BCUT2D eigenvalue weighted by atomic mass is 10.1. The Labute approximate surface area is 178 Å². The van der Waals surface area contributed by atoms with E-state index in [1.807, 2.05) is 25.1 Å². The monoisotopic (exact) mass is 413 g/mol. The van der Waals surface area contributed by atoms with Crippen LogP contribution >= 0.6 is 0 Å². The highest BCUT2D eigenvalue weighted by atomic mass is 16.5. The number of amides is 1. The number of carbonyl (C=O) groups excluding carboxylic acids is 2. The predicted molar refractivity (Wildman–Crippen MR) is 117 cm³/mol. The Bertz CT molecular complexity index is 1320. The second-order valence-corrected chi connectivity index (χ2v) is 7.03. The lowest BCUT2D eigenvalue weighted by molar-refractivity contribution is 0.0475. The second kappa shape index (κ2) is 8.67. The van der Waals surface area contributed by atoms with Crippen LogP contribution in [0.3, 0.4) is 0 Å². The van der Waals surface area contributed by atoms with Gasteiger partial charge in [-0.1, -0.05) is 42.5 Å². The fraction of sp³-hybridized carbons (Fsp3) is 0.0800. The van der Waals surface area contributed by atoms with E-state index < -0.39 is 11.6 Å². The average Bonchev–Trinajstić information content (AvgIpc) is 2.77. The minimum absolute atomic E-state index is 0.106. The summed E-state index contributed by atoms with van der Waals surface area (Å²) in [6.07, 6.45) is 0. The van der Waals surface area contributed by atoms with Crippen molar-refractivity contribution in [3.63, 3.8) is 0 Å². The molecule has 0 bridgehead atoms. The summed E-state index contributed by atoms with van der Waals surface area (Å²) in [6.45, 7) is 1.79. The standard InChI is InChI=1S/C25H19NO5/c1-16-11-12-19-18(14-23(27)31-22(19)13-16)15-30-25(29)20-9-5-6-10-21(20)26-24(28)17-7-3-2-4-8-17/h2-14H,15H2,1H3,(H,26,28). The van der Waals surface area contributed by atoms with Crippen LogP contribution in [0.1, 0.15) is 31.8 Å². The Morgan fingerprint density at radius 3 is 2.48 bits per heavy atom. The molecule has 154 valence electrons. The van der Waals surface area contributed by atoms with Crippen molar-refractivity contribution >= 4 is 28.5 Å². The van der Waals surface area contributed by atoms with Gasteiger partial charge in [0.1, 0.15) is 12.2 Å². The average molecular weight is 413 g/mol. The number of esters is 1. The third kappa shape index (κ3) is 4.53. The van der Waals surface area contributed by atoms with Crippen molar-refractivity contribution in [1.82, 2.24) is 0 Å². The SMILES string of the molecule is Cc1ccc2c(COC(=O)c3ccccc3NC(=O)c3ccccc3)cc(=O)oc2c1. The zero-order valence-electron chi connectivity index (χ0n) is 16.8. The first kappa shape index (κ1) is 20.1. The van der Waals surface area contributed by atoms with Crippen molar-refractivity contribution in [2.75, 3.05) is 5.32 Å². The van der Waals surface area contributed by atoms with Crippen LogP contribution in [0.5, 0.6) is 0 Å². The summed E-state index contributed by atoms with van der Waals surface area (Å²) in [5.74, 6) is -0.944. The van der Waals surface area contributed by atoms with Gasteiger partial charge >= 0.3 is 11.6 Å². The summed E-state index contributed by atoms with van der Waals surface area (Å²) in [6, 6.07) is 22.1. The maximum atomic E-state index is 12.8. The molecular weight excluding hydrogens is 394 g/mol. The first-order chi connectivity index (χ1) is 15.0. The van der Waals surface area contributed by atoms with Gasteiger partial charge in [-0.25, -0.2) is 9.59 Å². The van der Waals surface area contributed by atoms with Crippen molar-refractivity contribution in [2.45, 2.75) is 13.5 Å². The smallest absolute Gasteiger partial charge is 0.340 e. The maximum Gasteiger partial charge on any atom is 0.340 e. The predicted octanol–water partition coefficient (Wildman–Crippen LogP) is 4.71. The molecule has 4 rings (SSSR count). The lowest BCUT2D eigenvalue weighted by Crippen LogP contribution is -2.16. The van der Waals surface area contributed by atoms with Crippen molar-refractivity contribution in [2.24, 2.45) is 0 Å². The number of nitrogens with one attached hydrogen (secondary N) is 1. The number of aryl methyl sites for hydroxylation is 1. The van der Waals surface area contributed by atoms with Crippen LogP contribution in [0, 0.1) is 6.92 Å². The van der Waals surface area contributed by atoms with E-state index in [0.29, 0.717) is 27.8 Å². The maximum absolute atomic E-state index is 12.8. The normalized spacial score (nSPS) is 10.6. The Morgan fingerprint density at radius 1 is 0.935 bits per heavy atom. The topological polar surface area (TPSA) is 85.6 Å². The first-order valence-corrected chi connectivity index (χ1v) is 9.67. The number of hydrogen-bond donors (Lipinski definition) is 1. The van der Waals surface area contributed by atoms with E-state index in [4.69, 9.17) is 9.15 Å². The third-order valence-electron chi connectivity index (χ3n) is 4.78. The summed E-state index contributed by atoms with van der Waals surface area (Å²) < 4.78 is 10.7. The lowest BCUT2D eigenvalue weighted by Gasteiger charge is -2.12. The minimum atomic E-state index is -0.613. The number of hydrogen-bond acceptors (Lipinski definition) is 5. The highest BCUT2D eigenvalue weighted by Crippen LogP contribution is 2.21. The molecule has 6 heteroatoms. The van der Waals surface area contributed by atoms with Crippen LogP contribution in [0.4, 0.5) is 5.69 Å². The van der Waals surface area contributed by atoms with Crippen LogP contribution in [0.2, 0.25) is 0 Å². The van der Waals surface area contributed by atoms with Crippen molar-refractivity contribution < 1.29 is 18.7 Å². The Hall–Kier alpha value is -4.19. The molecule has 31 heavy (non-hydrogen) atoms. The fourth-order valence-electron chi connectivity index (χ4n) is 3.23. The number of anilines is 1. The summed E-state index contributed by atoms with van der Waals surface area (Å²) in [7, 11) is 0. The molecule has 0 aliphatic rings. The molecule has 0 fully saturated rings. The molecule has 0 aliphatic heterocycles. The zero-order chi connectivity index (χ0) is 21.8. The molecule has 0 unspecified atom stereocenters. The molecule has 3 aromatic carbocycles. The van der Waals surface area contributed by atoms with Gasteiger partial charge in [0.15, 0.2) is 0 Å². The number of carbonyl (C=O) groups is 2. The number of fused-ring (bicyclic) bond motifs is 1. The molecule has 0 saturated carbocycles. The minimum Gasteiger partial charge on any atom is -0.457 e. The number of ether oxygens (including phenoxy) is 1. The Kier molecular flexibility index (Phi) is 5.62. The molecular formula is C25H19NO5. The van der Waals surface area contributed by atoms with Crippen LogP contribution in [0.15, 0.2) is 88.1 Å². The van der Waals surface area contributed by atoms with Gasteiger partial charge in [-0.3, -0.25) is 4.79 Å². The van der Waals surface area contributed by atoms with Gasteiger partial charge in [-0.2, -0.15) is 0 Å². The molecule has 0 spiro atoms. The molecule has 4 aromatic rings. The number of rotatable bonds is 5. The Morgan fingerprint density at radius 2 is 1.68 bits per heavy atom. The van der Waals surface area contributed by atoms with Gasteiger partial charge in [-0.05, 0) is 42.8 Å². The quantitative estimate of drug-likeness (QED) is 0.378. The zero-order valence-corrected chi connectivity index (χ0v) is 16.8. The molecule has 0 radical (unpaired) electrons. The van der Waals surface area contributed by atoms with Gasteiger partial charge in [0, 0.05) is 22.6 Å². The number of benzene rings is 3. The molecule has 0 atom stereocenters. The highest BCUT2D eigenvalue weighted by Gasteiger charge is 2.16. The van der Waals surface area contributed by atoms with Gasteiger partial charge in [0.25, 0.3) is 5.91 Å². The third-order valence-corrected chi connectivity index (χ3v) is 4.78. The largest absolute Gasteiger partial charge is 0.457 e. The summed E-state index contributed by atoms with van der Waals surface area (Å²) in [5, 5.41) is 3.44. The van der Waals surface area contributed by atoms with E-state index >= 15 is 0 Å². The molecule has 0 aliphatic carbocycles. The first-order valence-electron chi connectivity index (χ1n) is 9.67. The van der Waals surface area contributed by atoms with E-state index in [1.54, 1.807) is 54.6 Å². The van der Waals surface area contributed by atoms with Crippen molar-refractivity contribution in [3.05, 3.63) is 112 Å². The van der Waals surface area contributed by atoms with Crippen LogP contribution in [0.25, 0.3) is 11.0 Å². The van der Waals surface area contributed by atoms with E-state index in [9.17, 15) is 14.4 Å². The second-order valence-electron chi connectivity index (χ2n) is 7.03. The molecule has 1 heterocycles. The highest BCUT2D eigenvalue weighted by molar-refractivity contribution is 6.08. The van der Waals surface area contributed by atoms with E-state index in [-0.39, 0.29) is 18.1 Å².